The van der Waals surface area contributed by atoms with Crippen LogP contribution >= 0.6 is 23.2 Å². The van der Waals surface area contributed by atoms with Gasteiger partial charge in [-0.2, -0.15) is 0 Å². The average Bonchev–Trinajstić information content (AvgIpc) is 3.19. The van der Waals surface area contributed by atoms with Crippen LogP contribution in [0.25, 0.3) is 11.0 Å². The number of hydrogen-bond donors (Lipinski definition) is 2. The molecule has 0 aliphatic carbocycles. The van der Waals surface area contributed by atoms with Gasteiger partial charge in [0.25, 0.3) is 0 Å². The lowest BCUT2D eigenvalue weighted by Gasteiger charge is -2.33. The molecule has 4 rings (SSSR count). The molecule has 0 spiro atoms. The highest BCUT2D eigenvalue weighted by molar-refractivity contribution is 6.42. The van der Waals surface area contributed by atoms with Gasteiger partial charge in [0.15, 0.2) is 0 Å². The molecule has 2 N–H and O–H groups in total. The molecule has 0 radical (unpaired) electrons. The summed E-state index contributed by atoms with van der Waals surface area (Å²) < 4.78 is 7.81. The number of imidazole rings is 1. The van der Waals surface area contributed by atoms with Crippen molar-refractivity contribution in [2.75, 3.05) is 26.2 Å². The Morgan fingerprint density at radius 3 is 2.75 bits per heavy atom. The zero-order valence-electron chi connectivity index (χ0n) is 17.6. The largest absolute Gasteiger partial charge is 0.490 e. The number of ether oxygens (including phenoxy) is 1. The second-order valence-corrected chi connectivity index (χ2v) is 8.83. The number of nitrogens with zero attached hydrogens (tertiary/aromatic N) is 3. The molecule has 1 saturated heterocycles. The summed E-state index contributed by atoms with van der Waals surface area (Å²) in [5.41, 5.74) is 1.76. The van der Waals surface area contributed by atoms with E-state index in [9.17, 15) is 9.90 Å². The number of benzene rings is 2. The molecule has 170 valence electrons. The molecular formula is C23H26Cl2N4O3. The molecule has 1 unspecified atom stereocenters. The van der Waals surface area contributed by atoms with E-state index in [1.54, 1.807) is 23.0 Å². The number of aromatic nitrogens is 2. The van der Waals surface area contributed by atoms with Crippen LogP contribution in [0.3, 0.4) is 0 Å². The number of β-amino-alcohol motifs (C(OH)–C–C–N with tert-alkyl or cyclic N) is 1. The van der Waals surface area contributed by atoms with E-state index < -0.39 is 6.10 Å². The van der Waals surface area contributed by atoms with E-state index in [1.807, 2.05) is 30.3 Å². The zero-order chi connectivity index (χ0) is 22.5. The Hall–Kier alpha value is -2.32. The lowest BCUT2D eigenvalue weighted by molar-refractivity contribution is -0.122. The Balaban J connectivity index is 1.17. The monoisotopic (exact) mass is 476 g/mol. The Bertz CT molecular complexity index is 1070. The van der Waals surface area contributed by atoms with Gasteiger partial charge < -0.3 is 24.6 Å². The Morgan fingerprint density at radius 2 is 1.97 bits per heavy atom. The van der Waals surface area contributed by atoms with Gasteiger partial charge in [-0.25, -0.2) is 4.98 Å². The first-order chi connectivity index (χ1) is 15.5. The minimum atomic E-state index is -0.633. The zero-order valence-corrected chi connectivity index (χ0v) is 19.1. The van der Waals surface area contributed by atoms with Gasteiger partial charge in [0.05, 0.1) is 33.5 Å². The number of hydrogen-bond acceptors (Lipinski definition) is 5. The number of halogens is 2. The number of rotatable bonds is 8. The molecule has 1 atom stereocenters. The first-order valence-corrected chi connectivity index (χ1v) is 11.4. The summed E-state index contributed by atoms with van der Waals surface area (Å²) >= 11 is 12.0. The molecule has 1 aliphatic rings. The predicted octanol–water partition coefficient (Wildman–Crippen LogP) is 3.36. The molecule has 0 saturated carbocycles. The van der Waals surface area contributed by atoms with Gasteiger partial charge in [-0.3, -0.25) is 4.79 Å². The van der Waals surface area contributed by atoms with E-state index in [1.165, 1.54) is 0 Å². The molecule has 32 heavy (non-hydrogen) atoms. The summed E-state index contributed by atoms with van der Waals surface area (Å²) in [7, 11) is 0. The quantitative estimate of drug-likeness (QED) is 0.520. The van der Waals surface area contributed by atoms with Crippen LogP contribution in [0.2, 0.25) is 10.0 Å². The van der Waals surface area contributed by atoms with Gasteiger partial charge in [0.2, 0.25) is 5.91 Å². The van der Waals surface area contributed by atoms with Gasteiger partial charge >= 0.3 is 0 Å². The van der Waals surface area contributed by atoms with Crippen molar-refractivity contribution in [1.29, 1.82) is 0 Å². The van der Waals surface area contributed by atoms with Crippen LogP contribution in [0.1, 0.15) is 12.8 Å². The van der Waals surface area contributed by atoms with Crippen molar-refractivity contribution in [3.8, 4) is 5.75 Å². The van der Waals surface area contributed by atoms with Gasteiger partial charge in [-0.05, 0) is 37.1 Å². The molecular weight excluding hydrogens is 451 g/mol. The molecule has 7 nitrogen and oxygen atoms in total. The lowest BCUT2D eigenvalue weighted by Crippen LogP contribution is -2.45. The summed E-state index contributed by atoms with van der Waals surface area (Å²) in [5.74, 6) is 0.562. The van der Waals surface area contributed by atoms with Gasteiger partial charge in [0, 0.05) is 32.2 Å². The number of aliphatic hydroxyl groups excluding tert-OH is 1. The minimum Gasteiger partial charge on any atom is -0.490 e. The minimum absolute atomic E-state index is 0.102. The van der Waals surface area contributed by atoms with Crippen LogP contribution in [-0.2, 0) is 11.3 Å². The maximum Gasteiger partial charge on any atom is 0.240 e. The van der Waals surface area contributed by atoms with Crippen molar-refractivity contribution in [3.63, 3.8) is 0 Å². The summed E-state index contributed by atoms with van der Waals surface area (Å²) in [6.45, 7) is 2.53. The number of carbonyl (C=O) groups excluding carboxylic acids is 1. The summed E-state index contributed by atoms with van der Waals surface area (Å²) in [6, 6.07) is 13.0. The second kappa shape index (κ2) is 10.5. The Labute approximate surface area is 196 Å². The number of fused-ring (bicyclic) bond motifs is 1. The molecule has 1 aliphatic heterocycles. The highest BCUT2D eigenvalue weighted by Crippen LogP contribution is 2.28. The third-order valence-electron chi connectivity index (χ3n) is 5.57. The predicted molar refractivity (Wildman–Crippen MR) is 125 cm³/mol. The van der Waals surface area contributed by atoms with E-state index in [0.717, 1.165) is 37.0 Å². The van der Waals surface area contributed by atoms with Crippen molar-refractivity contribution < 1.29 is 14.6 Å². The molecule has 3 aromatic rings. The summed E-state index contributed by atoms with van der Waals surface area (Å²) in [5, 5.41) is 14.2. The molecule has 1 aromatic heterocycles. The van der Waals surface area contributed by atoms with Crippen LogP contribution in [0.4, 0.5) is 0 Å². The fourth-order valence-electron chi connectivity index (χ4n) is 3.89. The van der Waals surface area contributed by atoms with Gasteiger partial charge in [-0.15, -0.1) is 0 Å². The van der Waals surface area contributed by atoms with Crippen molar-refractivity contribution in [2.24, 2.45) is 0 Å². The maximum atomic E-state index is 12.3. The lowest BCUT2D eigenvalue weighted by atomic mass is 10.1. The number of para-hydroxylation sites is 2. The molecule has 2 aromatic carbocycles. The number of aliphatic hydroxyl groups is 1. The number of likely N-dealkylation sites (tertiary alicyclic amines) is 1. The van der Waals surface area contributed by atoms with E-state index in [2.05, 4.69) is 15.2 Å². The third kappa shape index (κ3) is 5.92. The molecule has 0 bridgehead atoms. The first-order valence-electron chi connectivity index (χ1n) is 10.7. The van der Waals surface area contributed by atoms with Gasteiger partial charge in [-0.1, -0.05) is 35.3 Å². The smallest absolute Gasteiger partial charge is 0.240 e. The van der Waals surface area contributed by atoms with E-state index in [0.29, 0.717) is 22.3 Å². The van der Waals surface area contributed by atoms with Crippen molar-refractivity contribution in [2.45, 2.75) is 31.6 Å². The van der Waals surface area contributed by atoms with Gasteiger partial charge in [0.1, 0.15) is 18.4 Å². The normalized spacial score (nSPS) is 16.2. The maximum absolute atomic E-state index is 12.3. The summed E-state index contributed by atoms with van der Waals surface area (Å²) in [6.07, 6.45) is 2.83. The number of amides is 1. The molecule has 1 fully saturated rings. The Morgan fingerprint density at radius 1 is 1.19 bits per heavy atom. The molecule has 9 heteroatoms. The van der Waals surface area contributed by atoms with Crippen LogP contribution in [0.15, 0.2) is 48.8 Å². The Kier molecular flexibility index (Phi) is 7.52. The highest BCUT2D eigenvalue weighted by atomic mass is 35.5. The standard InChI is InChI=1S/C23H26Cl2N4O3/c24-19-6-5-18(11-20(19)25)32-17-7-9-28(10-8-17)13-16(30)12-26-23(31)14-29-15-27-21-3-1-2-4-22(21)29/h1-6,11,15-17,30H,7-10,12-14H2,(H,26,31). The van der Waals surface area contributed by atoms with E-state index in [4.69, 9.17) is 27.9 Å². The SMILES string of the molecule is O=C(Cn1cnc2ccccc21)NCC(O)CN1CCC(Oc2ccc(Cl)c(Cl)c2)CC1. The van der Waals surface area contributed by atoms with Crippen LogP contribution in [0.5, 0.6) is 5.75 Å². The van der Waals surface area contributed by atoms with Crippen LogP contribution in [-0.4, -0.2) is 63.9 Å². The molecule has 2 heterocycles. The number of carbonyl (C=O) groups is 1. The van der Waals surface area contributed by atoms with Crippen molar-refractivity contribution >= 4 is 40.1 Å². The summed E-state index contributed by atoms with van der Waals surface area (Å²) in [4.78, 5) is 18.8. The first kappa shape index (κ1) is 22.9. The van der Waals surface area contributed by atoms with Crippen LogP contribution in [0, 0.1) is 0 Å². The highest BCUT2D eigenvalue weighted by Gasteiger charge is 2.22. The number of piperidine rings is 1. The fourth-order valence-corrected chi connectivity index (χ4v) is 4.18. The van der Waals surface area contributed by atoms with Crippen LogP contribution < -0.4 is 10.1 Å². The van der Waals surface area contributed by atoms with E-state index >= 15 is 0 Å². The average molecular weight is 477 g/mol. The fraction of sp³-hybridized carbons (Fsp3) is 0.391. The topological polar surface area (TPSA) is 79.6 Å². The van der Waals surface area contributed by atoms with Crippen molar-refractivity contribution in [3.05, 3.63) is 58.8 Å². The second-order valence-electron chi connectivity index (χ2n) is 8.01. The van der Waals surface area contributed by atoms with E-state index in [-0.39, 0.29) is 25.1 Å². The van der Waals surface area contributed by atoms with Crippen molar-refractivity contribution in [1.82, 2.24) is 19.8 Å². The molecule has 1 amide bonds. The number of nitrogens with one attached hydrogen (secondary N) is 1. The third-order valence-corrected chi connectivity index (χ3v) is 6.31.